The molecule has 0 bridgehead atoms. The van der Waals surface area contributed by atoms with E-state index in [4.69, 9.17) is 9.47 Å². The smallest absolute Gasteiger partial charge is 0.409 e. The summed E-state index contributed by atoms with van der Waals surface area (Å²) in [6.45, 7) is 5.19. The number of nitrogens with one attached hydrogen (secondary N) is 1. The van der Waals surface area contributed by atoms with E-state index >= 15 is 0 Å². The number of aromatic nitrogens is 1. The molecule has 0 unspecified atom stereocenters. The van der Waals surface area contributed by atoms with Crippen LogP contribution in [0.2, 0.25) is 0 Å². The highest BCUT2D eigenvalue weighted by molar-refractivity contribution is 5.92. The average molecular weight is 398 g/mol. The lowest BCUT2D eigenvalue weighted by molar-refractivity contribution is 0.0945. The second kappa shape index (κ2) is 9.77. The van der Waals surface area contributed by atoms with Crippen LogP contribution < -0.4 is 15.0 Å². The number of hydrogen-bond acceptors (Lipinski definition) is 6. The van der Waals surface area contributed by atoms with E-state index in [1.807, 2.05) is 30.3 Å². The number of pyridine rings is 1. The molecule has 1 aliphatic heterocycles. The number of methoxy groups -OCH3 is 1. The summed E-state index contributed by atoms with van der Waals surface area (Å²) in [6, 6.07) is 11.1. The molecule has 3 rings (SSSR count). The minimum atomic E-state index is -0.269. The Morgan fingerprint density at radius 2 is 1.79 bits per heavy atom. The molecule has 2 amide bonds. The lowest BCUT2D eigenvalue weighted by Gasteiger charge is -2.35. The zero-order valence-corrected chi connectivity index (χ0v) is 16.8. The second-order valence-corrected chi connectivity index (χ2v) is 6.61. The summed E-state index contributed by atoms with van der Waals surface area (Å²) in [6.07, 6.45) is 1.43. The molecule has 0 aliphatic carbocycles. The third-order valence-corrected chi connectivity index (χ3v) is 4.76. The first-order valence-electron chi connectivity index (χ1n) is 9.64. The van der Waals surface area contributed by atoms with E-state index in [9.17, 15) is 9.59 Å². The van der Waals surface area contributed by atoms with Gasteiger partial charge in [-0.25, -0.2) is 9.78 Å². The first kappa shape index (κ1) is 20.4. The quantitative estimate of drug-likeness (QED) is 0.804. The summed E-state index contributed by atoms with van der Waals surface area (Å²) < 4.78 is 10.2. The first-order valence-corrected chi connectivity index (χ1v) is 9.64. The fourth-order valence-corrected chi connectivity index (χ4v) is 3.09. The SMILES string of the molecule is CCOC(=O)N1CCN(c2ccc(C(=O)NCc3ccc(OC)cc3)nc2)CC1. The predicted octanol–water partition coefficient (Wildman–Crippen LogP) is 2.30. The van der Waals surface area contributed by atoms with Crippen LogP contribution in [0.5, 0.6) is 5.75 Å². The predicted molar refractivity (Wildman–Crippen MR) is 109 cm³/mol. The Balaban J connectivity index is 1.50. The molecule has 0 saturated carbocycles. The maximum atomic E-state index is 12.3. The van der Waals surface area contributed by atoms with Crippen molar-refractivity contribution in [2.75, 3.05) is 44.8 Å². The van der Waals surface area contributed by atoms with Crippen LogP contribution in [-0.2, 0) is 11.3 Å². The number of amides is 2. The van der Waals surface area contributed by atoms with Crippen LogP contribution in [0.25, 0.3) is 0 Å². The molecule has 1 aromatic carbocycles. The summed E-state index contributed by atoms with van der Waals surface area (Å²) in [7, 11) is 1.62. The first-order chi connectivity index (χ1) is 14.1. The summed E-state index contributed by atoms with van der Waals surface area (Å²) in [5.74, 6) is 0.555. The molecule has 1 N–H and O–H groups in total. The van der Waals surface area contributed by atoms with Crippen LogP contribution in [0.3, 0.4) is 0 Å². The van der Waals surface area contributed by atoms with Crippen molar-refractivity contribution >= 4 is 17.7 Å². The van der Waals surface area contributed by atoms with Crippen LogP contribution >= 0.6 is 0 Å². The maximum Gasteiger partial charge on any atom is 0.409 e. The third-order valence-electron chi connectivity index (χ3n) is 4.76. The number of benzene rings is 1. The van der Waals surface area contributed by atoms with Gasteiger partial charge in [0.2, 0.25) is 0 Å². The summed E-state index contributed by atoms with van der Waals surface area (Å²) in [4.78, 5) is 32.3. The van der Waals surface area contributed by atoms with E-state index in [1.54, 1.807) is 31.2 Å². The Bertz CT molecular complexity index is 816. The van der Waals surface area contributed by atoms with Crippen LogP contribution in [0.15, 0.2) is 42.6 Å². The van der Waals surface area contributed by atoms with Gasteiger partial charge in [-0.2, -0.15) is 0 Å². The Labute approximate surface area is 170 Å². The standard InChI is InChI=1S/C21H26N4O4/c1-3-29-21(27)25-12-10-24(11-13-25)17-6-9-19(22-15-17)20(26)23-14-16-4-7-18(28-2)8-5-16/h4-9,15H,3,10-14H2,1-2H3,(H,23,26). The van der Waals surface area contributed by atoms with Gasteiger partial charge >= 0.3 is 6.09 Å². The molecule has 0 radical (unpaired) electrons. The number of anilines is 1. The number of rotatable bonds is 6. The summed E-state index contributed by atoms with van der Waals surface area (Å²) in [5.41, 5.74) is 2.28. The number of piperazine rings is 1. The molecule has 0 spiro atoms. The molecule has 1 saturated heterocycles. The molecule has 8 nitrogen and oxygen atoms in total. The zero-order chi connectivity index (χ0) is 20.6. The lowest BCUT2D eigenvalue weighted by atomic mass is 10.2. The molecule has 29 heavy (non-hydrogen) atoms. The number of hydrogen-bond donors (Lipinski definition) is 1. The Morgan fingerprint density at radius 1 is 1.07 bits per heavy atom. The van der Waals surface area contributed by atoms with Gasteiger partial charge in [0.15, 0.2) is 0 Å². The molecular weight excluding hydrogens is 372 g/mol. The van der Waals surface area contributed by atoms with Gasteiger partial charge in [-0.3, -0.25) is 4.79 Å². The van der Waals surface area contributed by atoms with Gasteiger partial charge in [-0.15, -0.1) is 0 Å². The second-order valence-electron chi connectivity index (χ2n) is 6.61. The van der Waals surface area contributed by atoms with Gasteiger partial charge in [0.05, 0.1) is 25.6 Å². The molecule has 2 aromatic rings. The van der Waals surface area contributed by atoms with Gasteiger partial charge in [0.1, 0.15) is 11.4 Å². The minimum Gasteiger partial charge on any atom is -0.497 e. The van der Waals surface area contributed by atoms with Gasteiger partial charge in [0, 0.05) is 32.7 Å². The van der Waals surface area contributed by atoms with Crippen molar-refractivity contribution in [3.05, 3.63) is 53.9 Å². The van der Waals surface area contributed by atoms with E-state index in [2.05, 4.69) is 15.2 Å². The average Bonchev–Trinajstić information content (AvgIpc) is 2.78. The van der Waals surface area contributed by atoms with Crippen LogP contribution in [-0.4, -0.2) is 61.8 Å². The van der Waals surface area contributed by atoms with E-state index in [-0.39, 0.29) is 12.0 Å². The highest BCUT2D eigenvalue weighted by Gasteiger charge is 2.22. The monoisotopic (exact) mass is 398 g/mol. The zero-order valence-electron chi connectivity index (χ0n) is 16.8. The largest absolute Gasteiger partial charge is 0.497 e. The van der Waals surface area contributed by atoms with E-state index in [0.717, 1.165) is 17.0 Å². The molecule has 0 atom stereocenters. The number of nitrogens with zero attached hydrogens (tertiary/aromatic N) is 3. The molecular formula is C21H26N4O4. The van der Waals surface area contributed by atoms with Crippen molar-refractivity contribution in [3.63, 3.8) is 0 Å². The van der Waals surface area contributed by atoms with Crippen molar-refractivity contribution in [3.8, 4) is 5.75 Å². The fourth-order valence-electron chi connectivity index (χ4n) is 3.09. The molecule has 1 fully saturated rings. The Kier molecular flexibility index (Phi) is 6.89. The highest BCUT2D eigenvalue weighted by atomic mass is 16.6. The van der Waals surface area contributed by atoms with Crippen molar-refractivity contribution in [1.82, 2.24) is 15.2 Å². The van der Waals surface area contributed by atoms with Gasteiger partial charge in [-0.05, 0) is 36.8 Å². The molecule has 154 valence electrons. The van der Waals surface area contributed by atoms with Crippen LogP contribution in [0.4, 0.5) is 10.5 Å². The molecule has 2 heterocycles. The summed E-state index contributed by atoms with van der Waals surface area (Å²) >= 11 is 0. The number of ether oxygens (including phenoxy) is 2. The Morgan fingerprint density at radius 3 is 2.38 bits per heavy atom. The van der Waals surface area contributed by atoms with Crippen molar-refractivity contribution < 1.29 is 19.1 Å². The molecule has 1 aromatic heterocycles. The van der Waals surface area contributed by atoms with Crippen LogP contribution in [0.1, 0.15) is 23.0 Å². The van der Waals surface area contributed by atoms with Crippen LogP contribution in [0, 0.1) is 0 Å². The number of carbonyl (C=O) groups is 2. The minimum absolute atomic E-state index is 0.223. The maximum absolute atomic E-state index is 12.3. The Hall–Kier alpha value is -3.29. The van der Waals surface area contributed by atoms with E-state index in [1.165, 1.54) is 0 Å². The van der Waals surface area contributed by atoms with Gasteiger partial charge in [-0.1, -0.05) is 12.1 Å². The normalized spacial score (nSPS) is 13.7. The van der Waals surface area contributed by atoms with Crippen molar-refractivity contribution in [1.29, 1.82) is 0 Å². The third kappa shape index (κ3) is 5.37. The number of carbonyl (C=O) groups excluding carboxylic acids is 2. The molecule has 8 heteroatoms. The van der Waals surface area contributed by atoms with Gasteiger partial charge in [0.25, 0.3) is 5.91 Å². The van der Waals surface area contributed by atoms with Crippen molar-refractivity contribution in [2.24, 2.45) is 0 Å². The van der Waals surface area contributed by atoms with E-state index in [0.29, 0.717) is 45.0 Å². The molecule has 1 aliphatic rings. The summed E-state index contributed by atoms with van der Waals surface area (Å²) in [5, 5.41) is 2.87. The lowest BCUT2D eigenvalue weighted by Crippen LogP contribution is -2.49. The van der Waals surface area contributed by atoms with Gasteiger partial charge < -0.3 is 24.6 Å². The van der Waals surface area contributed by atoms with Crippen molar-refractivity contribution in [2.45, 2.75) is 13.5 Å². The highest BCUT2D eigenvalue weighted by Crippen LogP contribution is 2.16. The van der Waals surface area contributed by atoms with E-state index < -0.39 is 0 Å². The topological polar surface area (TPSA) is 84.0 Å². The fraction of sp³-hybridized carbons (Fsp3) is 0.381.